The first-order chi connectivity index (χ1) is 7.42. The zero-order chi connectivity index (χ0) is 10.5. The number of hydrogen-bond acceptors (Lipinski definition) is 5. The van der Waals surface area contributed by atoms with Crippen molar-refractivity contribution >= 4 is 0 Å². The van der Waals surface area contributed by atoms with E-state index in [1.165, 1.54) is 6.39 Å². The van der Waals surface area contributed by atoms with E-state index < -0.39 is 0 Å². The van der Waals surface area contributed by atoms with Crippen LogP contribution in [0.2, 0.25) is 0 Å². The van der Waals surface area contributed by atoms with E-state index in [-0.39, 0.29) is 0 Å². The minimum atomic E-state index is 0.329. The van der Waals surface area contributed by atoms with Crippen molar-refractivity contribution in [1.29, 1.82) is 0 Å². The van der Waals surface area contributed by atoms with Crippen molar-refractivity contribution in [3.63, 3.8) is 0 Å². The molecule has 0 aromatic carbocycles. The molecule has 1 aromatic heterocycles. The lowest BCUT2D eigenvalue weighted by Gasteiger charge is -2.32. The van der Waals surface area contributed by atoms with Gasteiger partial charge in [0.25, 0.3) is 0 Å². The summed E-state index contributed by atoms with van der Waals surface area (Å²) < 4.78 is 4.83. The van der Waals surface area contributed by atoms with Gasteiger partial charge in [0.15, 0.2) is 5.82 Å². The number of hydrogen-bond donors (Lipinski definition) is 1. The van der Waals surface area contributed by atoms with Crippen LogP contribution in [-0.4, -0.2) is 41.2 Å². The highest BCUT2D eigenvalue weighted by molar-refractivity contribution is 4.92. The molecule has 0 saturated carbocycles. The fraction of sp³-hybridized carbons (Fsp3) is 0.800. The van der Waals surface area contributed by atoms with E-state index >= 15 is 0 Å². The lowest BCUT2D eigenvalue weighted by molar-refractivity contribution is 0.155. The molecule has 0 bridgehead atoms. The molecule has 84 valence electrons. The second kappa shape index (κ2) is 5.23. The lowest BCUT2D eigenvalue weighted by Crippen LogP contribution is -2.45. The molecule has 0 aliphatic carbocycles. The van der Waals surface area contributed by atoms with Crippen LogP contribution in [0.5, 0.6) is 0 Å². The van der Waals surface area contributed by atoms with Crippen LogP contribution < -0.4 is 5.32 Å². The van der Waals surface area contributed by atoms with E-state index in [1.54, 1.807) is 0 Å². The van der Waals surface area contributed by atoms with Crippen molar-refractivity contribution in [3.05, 3.63) is 12.2 Å². The largest absolute Gasteiger partial charge is 0.343 e. The van der Waals surface area contributed by atoms with E-state index in [0.717, 1.165) is 44.8 Å². The predicted molar refractivity (Wildman–Crippen MR) is 56.4 cm³/mol. The van der Waals surface area contributed by atoms with Gasteiger partial charge in [-0.05, 0) is 6.42 Å². The summed E-state index contributed by atoms with van der Waals surface area (Å²) in [4.78, 5) is 6.61. The Labute approximate surface area is 89.8 Å². The molecule has 0 amide bonds. The van der Waals surface area contributed by atoms with Crippen molar-refractivity contribution in [2.75, 3.05) is 26.2 Å². The second-order valence-corrected chi connectivity index (χ2v) is 3.88. The average molecular weight is 210 g/mol. The van der Waals surface area contributed by atoms with Crippen molar-refractivity contribution in [3.8, 4) is 0 Å². The normalized spacial score (nSPS) is 20.3. The number of nitrogens with zero attached hydrogens (tertiary/aromatic N) is 3. The molecule has 1 aromatic rings. The molecule has 5 heteroatoms. The fourth-order valence-corrected chi connectivity index (χ4v) is 2.07. The van der Waals surface area contributed by atoms with Gasteiger partial charge in [0.2, 0.25) is 6.39 Å². The zero-order valence-electron chi connectivity index (χ0n) is 9.15. The summed E-state index contributed by atoms with van der Waals surface area (Å²) >= 11 is 0. The number of aromatic nitrogens is 2. The summed E-state index contributed by atoms with van der Waals surface area (Å²) in [6, 6.07) is 0.329. The van der Waals surface area contributed by atoms with Gasteiger partial charge in [-0.15, -0.1) is 0 Å². The monoisotopic (exact) mass is 210 g/mol. The highest BCUT2D eigenvalue weighted by Crippen LogP contribution is 2.22. The van der Waals surface area contributed by atoms with E-state index in [2.05, 4.69) is 27.3 Å². The molecule has 0 spiro atoms. The van der Waals surface area contributed by atoms with Gasteiger partial charge in [-0.1, -0.05) is 18.5 Å². The maximum absolute atomic E-state index is 4.83. The molecule has 1 unspecified atom stereocenters. The van der Waals surface area contributed by atoms with Crippen molar-refractivity contribution in [1.82, 2.24) is 20.4 Å². The van der Waals surface area contributed by atoms with E-state index in [1.807, 2.05) is 0 Å². The van der Waals surface area contributed by atoms with Crippen LogP contribution in [0.25, 0.3) is 0 Å². The Morgan fingerprint density at radius 3 is 2.93 bits per heavy atom. The number of nitrogens with one attached hydrogen (secondary N) is 1. The Morgan fingerprint density at radius 2 is 2.33 bits per heavy atom. The zero-order valence-corrected chi connectivity index (χ0v) is 9.15. The molecular weight excluding hydrogens is 192 g/mol. The van der Waals surface area contributed by atoms with Gasteiger partial charge in [0.05, 0.1) is 6.04 Å². The van der Waals surface area contributed by atoms with E-state index in [0.29, 0.717) is 6.04 Å². The molecule has 1 fully saturated rings. The predicted octanol–water partition coefficient (Wildman–Crippen LogP) is 0.816. The molecule has 1 N–H and O–H groups in total. The summed E-state index contributed by atoms with van der Waals surface area (Å²) in [5, 5.41) is 7.31. The van der Waals surface area contributed by atoms with Gasteiger partial charge >= 0.3 is 0 Å². The van der Waals surface area contributed by atoms with Crippen LogP contribution in [0.1, 0.15) is 31.6 Å². The second-order valence-electron chi connectivity index (χ2n) is 3.88. The Morgan fingerprint density at radius 1 is 1.53 bits per heavy atom. The summed E-state index contributed by atoms with van der Waals surface area (Å²) in [5.74, 6) is 0.832. The van der Waals surface area contributed by atoms with Gasteiger partial charge in [0.1, 0.15) is 0 Å². The maximum Gasteiger partial charge on any atom is 0.213 e. The first kappa shape index (κ1) is 10.6. The minimum absolute atomic E-state index is 0.329. The van der Waals surface area contributed by atoms with Crippen LogP contribution in [-0.2, 0) is 0 Å². The van der Waals surface area contributed by atoms with Crippen molar-refractivity contribution < 1.29 is 4.52 Å². The molecule has 1 aliphatic rings. The first-order valence-electron chi connectivity index (χ1n) is 5.63. The number of piperazine rings is 1. The third-order valence-corrected chi connectivity index (χ3v) is 2.83. The molecule has 1 saturated heterocycles. The standard InChI is InChI=1S/C10H18N4O/c1-2-3-9(10-12-8-15-13-10)14-6-4-11-5-7-14/h8-9,11H,2-7H2,1H3. The minimum Gasteiger partial charge on any atom is -0.343 e. The average Bonchev–Trinajstić information content (AvgIpc) is 2.80. The highest BCUT2D eigenvalue weighted by Gasteiger charge is 2.24. The van der Waals surface area contributed by atoms with E-state index in [9.17, 15) is 0 Å². The molecule has 2 heterocycles. The Hall–Kier alpha value is -0.940. The van der Waals surface area contributed by atoms with Crippen LogP contribution in [0.3, 0.4) is 0 Å². The Kier molecular flexibility index (Phi) is 3.69. The van der Waals surface area contributed by atoms with Gasteiger partial charge in [0, 0.05) is 26.2 Å². The Bertz CT molecular complexity index is 269. The topological polar surface area (TPSA) is 54.2 Å². The van der Waals surface area contributed by atoms with E-state index in [4.69, 9.17) is 4.52 Å². The Balaban J connectivity index is 2.04. The van der Waals surface area contributed by atoms with Crippen LogP contribution in [0, 0.1) is 0 Å². The fourth-order valence-electron chi connectivity index (χ4n) is 2.07. The molecule has 0 radical (unpaired) electrons. The molecular formula is C10H18N4O. The molecule has 15 heavy (non-hydrogen) atoms. The van der Waals surface area contributed by atoms with Crippen molar-refractivity contribution in [2.45, 2.75) is 25.8 Å². The summed E-state index contributed by atoms with van der Waals surface area (Å²) in [6.45, 7) is 6.43. The van der Waals surface area contributed by atoms with Gasteiger partial charge < -0.3 is 9.84 Å². The molecule has 1 atom stereocenters. The van der Waals surface area contributed by atoms with Crippen LogP contribution in [0.4, 0.5) is 0 Å². The molecule has 1 aliphatic heterocycles. The smallest absolute Gasteiger partial charge is 0.213 e. The molecule has 5 nitrogen and oxygen atoms in total. The quantitative estimate of drug-likeness (QED) is 0.797. The van der Waals surface area contributed by atoms with Crippen molar-refractivity contribution in [2.24, 2.45) is 0 Å². The summed E-state index contributed by atoms with van der Waals surface area (Å²) in [5.41, 5.74) is 0. The third kappa shape index (κ3) is 2.54. The maximum atomic E-state index is 4.83. The summed E-state index contributed by atoms with van der Waals surface area (Å²) in [7, 11) is 0. The highest BCUT2D eigenvalue weighted by atomic mass is 16.5. The summed E-state index contributed by atoms with van der Waals surface area (Å²) in [6.07, 6.45) is 3.66. The van der Waals surface area contributed by atoms with Gasteiger partial charge in [-0.3, -0.25) is 4.90 Å². The van der Waals surface area contributed by atoms with Gasteiger partial charge in [-0.25, -0.2) is 0 Å². The van der Waals surface area contributed by atoms with Crippen LogP contribution >= 0.6 is 0 Å². The van der Waals surface area contributed by atoms with Crippen LogP contribution in [0.15, 0.2) is 10.9 Å². The SMILES string of the molecule is CCCC(c1ncon1)N1CCNCC1. The lowest BCUT2D eigenvalue weighted by atomic mass is 10.1. The number of rotatable bonds is 4. The third-order valence-electron chi connectivity index (χ3n) is 2.83. The van der Waals surface area contributed by atoms with Gasteiger partial charge in [-0.2, -0.15) is 4.98 Å². The molecule has 2 rings (SSSR count). The first-order valence-corrected chi connectivity index (χ1v) is 5.63.